The van der Waals surface area contributed by atoms with Gasteiger partial charge in [-0.2, -0.15) is 0 Å². The summed E-state index contributed by atoms with van der Waals surface area (Å²) in [5.74, 6) is 0.844. The predicted molar refractivity (Wildman–Crippen MR) is 67.4 cm³/mol. The molecule has 4 nitrogen and oxygen atoms in total. The number of hydrogen-bond donors (Lipinski definition) is 1. The molecule has 2 heterocycles. The van der Waals surface area contributed by atoms with Gasteiger partial charge >= 0.3 is 0 Å². The lowest BCUT2D eigenvalue weighted by atomic mass is 10.2. The minimum absolute atomic E-state index is 0.663. The monoisotopic (exact) mass is 228 g/mol. The van der Waals surface area contributed by atoms with Crippen LogP contribution in [0.3, 0.4) is 0 Å². The Hall–Kier alpha value is -1.81. The number of pyridine rings is 1. The fourth-order valence-corrected chi connectivity index (χ4v) is 1.65. The molecule has 2 rings (SSSR count). The highest BCUT2D eigenvalue weighted by Gasteiger charge is 2.04. The summed E-state index contributed by atoms with van der Waals surface area (Å²) in [6.07, 6.45) is 3.50. The number of aryl methyl sites for hydroxylation is 2. The van der Waals surface area contributed by atoms with E-state index >= 15 is 0 Å². The first kappa shape index (κ1) is 11.7. The first-order chi connectivity index (χ1) is 8.29. The van der Waals surface area contributed by atoms with Gasteiger partial charge in [-0.05, 0) is 38.1 Å². The first-order valence-corrected chi connectivity index (χ1v) is 5.75. The lowest BCUT2D eigenvalue weighted by Gasteiger charge is -2.05. The molecule has 0 aliphatic heterocycles. The quantitative estimate of drug-likeness (QED) is 0.865. The Labute approximate surface area is 101 Å². The summed E-state index contributed by atoms with van der Waals surface area (Å²) in [6.45, 7) is 2.64. The van der Waals surface area contributed by atoms with Crippen LogP contribution in [0.15, 0.2) is 30.5 Å². The van der Waals surface area contributed by atoms with Crippen molar-refractivity contribution in [1.82, 2.24) is 15.0 Å². The van der Waals surface area contributed by atoms with E-state index in [1.54, 1.807) is 6.20 Å². The molecule has 0 atom stereocenters. The zero-order valence-corrected chi connectivity index (χ0v) is 9.93. The van der Waals surface area contributed by atoms with Crippen molar-refractivity contribution in [3.63, 3.8) is 0 Å². The first-order valence-electron chi connectivity index (χ1n) is 5.75. The van der Waals surface area contributed by atoms with Gasteiger partial charge in [0.15, 0.2) is 0 Å². The minimum Gasteiger partial charge on any atom is -0.330 e. The van der Waals surface area contributed by atoms with Crippen LogP contribution in [0.25, 0.3) is 11.4 Å². The Morgan fingerprint density at radius 3 is 2.76 bits per heavy atom. The molecular formula is C13H16N4. The number of aromatic nitrogens is 3. The summed E-state index contributed by atoms with van der Waals surface area (Å²) < 4.78 is 0. The molecule has 88 valence electrons. The molecule has 0 bridgehead atoms. The second-order valence-corrected chi connectivity index (χ2v) is 3.92. The molecular weight excluding hydrogens is 212 g/mol. The standard InChI is InChI=1S/C13H16N4/c1-10-9-12(11-5-2-3-8-15-11)17-13(16-10)6-4-7-14/h2-3,5,8-9H,4,6-7,14H2,1H3. The number of hydrogen-bond acceptors (Lipinski definition) is 4. The van der Waals surface area contributed by atoms with E-state index < -0.39 is 0 Å². The maximum atomic E-state index is 5.50. The van der Waals surface area contributed by atoms with Crippen molar-refractivity contribution in [2.24, 2.45) is 5.73 Å². The SMILES string of the molecule is Cc1cc(-c2ccccn2)nc(CCCN)n1. The van der Waals surface area contributed by atoms with Gasteiger partial charge in [0.1, 0.15) is 5.82 Å². The maximum Gasteiger partial charge on any atom is 0.129 e. The predicted octanol–water partition coefficient (Wildman–Crippen LogP) is 1.74. The van der Waals surface area contributed by atoms with E-state index in [0.717, 1.165) is 35.7 Å². The van der Waals surface area contributed by atoms with Crippen molar-refractivity contribution in [2.45, 2.75) is 19.8 Å². The fraction of sp³-hybridized carbons (Fsp3) is 0.308. The summed E-state index contributed by atoms with van der Waals surface area (Å²) in [4.78, 5) is 13.2. The summed E-state index contributed by atoms with van der Waals surface area (Å²) in [5, 5.41) is 0. The summed E-state index contributed by atoms with van der Waals surface area (Å²) in [5.41, 5.74) is 8.22. The Morgan fingerprint density at radius 2 is 2.06 bits per heavy atom. The van der Waals surface area contributed by atoms with Crippen molar-refractivity contribution in [2.75, 3.05) is 6.54 Å². The molecule has 0 saturated carbocycles. The van der Waals surface area contributed by atoms with Crippen LogP contribution in [-0.2, 0) is 6.42 Å². The van der Waals surface area contributed by atoms with Crippen molar-refractivity contribution in [3.8, 4) is 11.4 Å². The van der Waals surface area contributed by atoms with Gasteiger partial charge in [-0.25, -0.2) is 9.97 Å². The van der Waals surface area contributed by atoms with Crippen LogP contribution >= 0.6 is 0 Å². The molecule has 2 aromatic heterocycles. The van der Waals surface area contributed by atoms with Crippen molar-refractivity contribution < 1.29 is 0 Å². The second-order valence-electron chi connectivity index (χ2n) is 3.92. The zero-order valence-electron chi connectivity index (χ0n) is 9.93. The van der Waals surface area contributed by atoms with Crippen LogP contribution in [0.2, 0.25) is 0 Å². The zero-order chi connectivity index (χ0) is 12.1. The van der Waals surface area contributed by atoms with Gasteiger partial charge < -0.3 is 5.73 Å². The van der Waals surface area contributed by atoms with Crippen molar-refractivity contribution in [1.29, 1.82) is 0 Å². The van der Waals surface area contributed by atoms with Crippen LogP contribution in [0, 0.1) is 6.92 Å². The van der Waals surface area contributed by atoms with E-state index in [0.29, 0.717) is 6.54 Å². The Balaban J connectivity index is 2.32. The van der Waals surface area contributed by atoms with Crippen LogP contribution in [0.4, 0.5) is 0 Å². The number of rotatable bonds is 4. The molecule has 0 radical (unpaired) electrons. The maximum absolute atomic E-state index is 5.50. The third-order valence-corrected chi connectivity index (χ3v) is 2.43. The Morgan fingerprint density at radius 1 is 1.18 bits per heavy atom. The van der Waals surface area contributed by atoms with Crippen LogP contribution in [0.1, 0.15) is 17.9 Å². The molecule has 2 N–H and O–H groups in total. The normalized spacial score (nSPS) is 10.5. The molecule has 0 unspecified atom stereocenters. The van der Waals surface area contributed by atoms with Gasteiger partial charge in [-0.3, -0.25) is 4.98 Å². The number of nitrogens with two attached hydrogens (primary N) is 1. The molecule has 0 spiro atoms. The molecule has 0 saturated heterocycles. The van der Waals surface area contributed by atoms with Crippen LogP contribution in [-0.4, -0.2) is 21.5 Å². The molecule has 17 heavy (non-hydrogen) atoms. The third kappa shape index (κ3) is 3.07. The number of nitrogens with zero attached hydrogens (tertiary/aromatic N) is 3. The average molecular weight is 228 g/mol. The van der Waals surface area contributed by atoms with Crippen molar-refractivity contribution >= 4 is 0 Å². The highest BCUT2D eigenvalue weighted by Crippen LogP contribution is 2.14. The fourth-order valence-electron chi connectivity index (χ4n) is 1.65. The van der Waals surface area contributed by atoms with E-state index in [2.05, 4.69) is 15.0 Å². The molecule has 4 heteroatoms. The molecule has 0 aliphatic carbocycles. The summed E-state index contributed by atoms with van der Waals surface area (Å²) in [7, 11) is 0. The van der Waals surface area contributed by atoms with Gasteiger partial charge in [0, 0.05) is 18.3 Å². The van der Waals surface area contributed by atoms with Gasteiger partial charge in [-0.15, -0.1) is 0 Å². The van der Waals surface area contributed by atoms with Crippen molar-refractivity contribution in [3.05, 3.63) is 42.0 Å². The molecule has 0 amide bonds. The largest absolute Gasteiger partial charge is 0.330 e. The van der Waals surface area contributed by atoms with E-state index in [9.17, 15) is 0 Å². The highest BCUT2D eigenvalue weighted by atomic mass is 14.9. The lowest BCUT2D eigenvalue weighted by Crippen LogP contribution is -2.05. The highest BCUT2D eigenvalue weighted by molar-refractivity contribution is 5.53. The molecule has 0 fully saturated rings. The molecule has 0 aliphatic rings. The van der Waals surface area contributed by atoms with E-state index in [-0.39, 0.29) is 0 Å². The molecule has 0 aromatic carbocycles. The lowest BCUT2D eigenvalue weighted by molar-refractivity contribution is 0.776. The summed E-state index contributed by atoms with van der Waals surface area (Å²) in [6, 6.07) is 7.76. The van der Waals surface area contributed by atoms with E-state index in [4.69, 9.17) is 5.73 Å². The third-order valence-electron chi connectivity index (χ3n) is 2.43. The second kappa shape index (κ2) is 5.50. The van der Waals surface area contributed by atoms with Gasteiger partial charge in [0.2, 0.25) is 0 Å². The van der Waals surface area contributed by atoms with Gasteiger partial charge in [-0.1, -0.05) is 6.07 Å². The minimum atomic E-state index is 0.663. The Bertz CT molecular complexity index is 482. The van der Waals surface area contributed by atoms with Gasteiger partial charge in [0.25, 0.3) is 0 Å². The molecule has 2 aromatic rings. The average Bonchev–Trinajstić information content (AvgIpc) is 2.37. The van der Waals surface area contributed by atoms with Crippen LogP contribution in [0.5, 0.6) is 0 Å². The van der Waals surface area contributed by atoms with Gasteiger partial charge in [0.05, 0.1) is 11.4 Å². The Kier molecular flexibility index (Phi) is 3.77. The van der Waals surface area contributed by atoms with Crippen LogP contribution < -0.4 is 5.73 Å². The van der Waals surface area contributed by atoms with E-state index in [1.807, 2.05) is 31.2 Å². The summed E-state index contributed by atoms with van der Waals surface area (Å²) >= 11 is 0. The smallest absolute Gasteiger partial charge is 0.129 e. The topological polar surface area (TPSA) is 64.7 Å². The van der Waals surface area contributed by atoms with E-state index in [1.165, 1.54) is 0 Å².